The summed E-state index contributed by atoms with van der Waals surface area (Å²) in [6.45, 7) is 0.901. The minimum Gasteiger partial charge on any atom is -0.375 e. The van der Waals surface area contributed by atoms with E-state index in [0.717, 1.165) is 23.5 Å². The fourth-order valence-electron chi connectivity index (χ4n) is 1.94. The van der Waals surface area contributed by atoms with Gasteiger partial charge in [0.1, 0.15) is 5.00 Å². The standard InChI is InChI=1S/C13H14N4S/c1-17-9-10(8-15-17)6-7-14-13-11-4-2-3-5-12(11)16-18-13/h2-5,8-9,14H,6-7H2,1H3. The van der Waals surface area contributed by atoms with E-state index in [0.29, 0.717) is 0 Å². The van der Waals surface area contributed by atoms with E-state index in [1.54, 1.807) is 0 Å². The minimum absolute atomic E-state index is 0.901. The summed E-state index contributed by atoms with van der Waals surface area (Å²) in [5.41, 5.74) is 2.31. The molecule has 0 aliphatic heterocycles. The van der Waals surface area contributed by atoms with Crippen molar-refractivity contribution >= 4 is 27.4 Å². The first-order valence-electron chi connectivity index (χ1n) is 5.89. The Labute approximate surface area is 109 Å². The second-order valence-corrected chi connectivity index (χ2v) is 5.00. The lowest BCUT2D eigenvalue weighted by Gasteiger charge is -2.02. The third-order valence-corrected chi connectivity index (χ3v) is 3.68. The van der Waals surface area contributed by atoms with E-state index >= 15 is 0 Å². The van der Waals surface area contributed by atoms with Crippen molar-refractivity contribution in [1.82, 2.24) is 14.2 Å². The Morgan fingerprint density at radius 1 is 1.33 bits per heavy atom. The van der Waals surface area contributed by atoms with Crippen LogP contribution in [0.2, 0.25) is 0 Å². The van der Waals surface area contributed by atoms with Crippen LogP contribution in [0.4, 0.5) is 5.00 Å². The van der Waals surface area contributed by atoms with Gasteiger partial charge in [0.25, 0.3) is 0 Å². The quantitative estimate of drug-likeness (QED) is 0.782. The third kappa shape index (κ3) is 2.22. The SMILES string of the molecule is Cn1cc(CCNc2snc3ccccc23)cn1. The average molecular weight is 258 g/mol. The summed E-state index contributed by atoms with van der Waals surface area (Å²) in [4.78, 5) is 0. The molecule has 2 heterocycles. The zero-order valence-electron chi connectivity index (χ0n) is 10.1. The highest BCUT2D eigenvalue weighted by Gasteiger charge is 2.04. The molecule has 0 amide bonds. The van der Waals surface area contributed by atoms with Crippen molar-refractivity contribution in [2.45, 2.75) is 6.42 Å². The van der Waals surface area contributed by atoms with Gasteiger partial charge in [-0.1, -0.05) is 12.1 Å². The highest BCUT2D eigenvalue weighted by atomic mass is 32.1. The van der Waals surface area contributed by atoms with Gasteiger partial charge < -0.3 is 5.32 Å². The molecule has 18 heavy (non-hydrogen) atoms. The molecule has 0 fully saturated rings. The van der Waals surface area contributed by atoms with E-state index in [1.165, 1.54) is 22.5 Å². The van der Waals surface area contributed by atoms with E-state index in [9.17, 15) is 0 Å². The Bertz CT molecular complexity index is 656. The molecule has 4 nitrogen and oxygen atoms in total. The summed E-state index contributed by atoms with van der Waals surface area (Å²) in [6, 6.07) is 8.20. The highest BCUT2D eigenvalue weighted by Crippen LogP contribution is 2.26. The number of aryl methyl sites for hydroxylation is 1. The molecule has 0 radical (unpaired) electrons. The average Bonchev–Trinajstić information content (AvgIpc) is 2.97. The number of nitrogens with one attached hydrogen (secondary N) is 1. The largest absolute Gasteiger partial charge is 0.375 e. The molecule has 0 saturated carbocycles. The lowest BCUT2D eigenvalue weighted by molar-refractivity contribution is 0.767. The number of aromatic nitrogens is 3. The van der Waals surface area contributed by atoms with Crippen LogP contribution < -0.4 is 5.32 Å². The minimum atomic E-state index is 0.901. The van der Waals surface area contributed by atoms with Gasteiger partial charge in [0.2, 0.25) is 0 Å². The van der Waals surface area contributed by atoms with Gasteiger partial charge in [0.15, 0.2) is 0 Å². The van der Waals surface area contributed by atoms with Crippen molar-refractivity contribution in [3.05, 3.63) is 42.2 Å². The van der Waals surface area contributed by atoms with Gasteiger partial charge in [-0.2, -0.15) is 9.47 Å². The van der Waals surface area contributed by atoms with Crippen molar-refractivity contribution in [1.29, 1.82) is 0 Å². The molecule has 5 heteroatoms. The van der Waals surface area contributed by atoms with Gasteiger partial charge in [-0.25, -0.2) is 0 Å². The molecule has 2 aromatic heterocycles. The number of hydrogen-bond donors (Lipinski definition) is 1. The molecule has 0 spiro atoms. The van der Waals surface area contributed by atoms with Crippen molar-refractivity contribution in [2.75, 3.05) is 11.9 Å². The van der Waals surface area contributed by atoms with Crippen molar-refractivity contribution in [3.8, 4) is 0 Å². The number of anilines is 1. The fraction of sp³-hybridized carbons (Fsp3) is 0.231. The summed E-state index contributed by atoms with van der Waals surface area (Å²) < 4.78 is 6.24. The number of fused-ring (bicyclic) bond motifs is 1. The Kier molecular flexibility index (Phi) is 2.98. The summed E-state index contributed by atoms with van der Waals surface area (Å²) >= 11 is 1.52. The summed E-state index contributed by atoms with van der Waals surface area (Å²) in [7, 11) is 1.94. The van der Waals surface area contributed by atoms with Crippen molar-refractivity contribution < 1.29 is 0 Å². The molecular weight excluding hydrogens is 244 g/mol. The molecule has 1 N–H and O–H groups in total. The maximum absolute atomic E-state index is 4.41. The van der Waals surface area contributed by atoms with Crippen LogP contribution in [-0.2, 0) is 13.5 Å². The first-order valence-corrected chi connectivity index (χ1v) is 6.66. The van der Waals surface area contributed by atoms with Crippen LogP contribution in [-0.4, -0.2) is 20.7 Å². The molecule has 0 bridgehead atoms. The predicted molar refractivity (Wildman–Crippen MR) is 75.0 cm³/mol. The summed E-state index contributed by atoms with van der Waals surface area (Å²) in [5, 5.41) is 9.96. The second kappa shape index (κ2) is 4.78. The highest BCUT2D eigenvalue weighted by molar-refractivity contribution is 7.11. The number of nitrogens with zero attached hydrogens (tertiary/aromatic N) is 3. The first kappa shape index (κ1) is 11.2. The predicted octanol–water partition coefficient (Wildman–Crippen LogP) is 2.68. The molecule has 0 aliphatic carbocycles. The molecule has 0 atom stereocenters. The van der Waals surface area contributed by atoms with E-state index in [2.05, 4.69) is 20.9 Å². The Balaban J connectivity index is 1.66. The van der Waals surface area contributed by atoms with E-state index < -0.39 is 0 Å². The monoisotopic (exact) mass is 258 g/mol. The Morgan fingerprint density at radius 3 is 3.06 bits per heavy atom. The van der Waals surface area contributed by atoms with Crippen LogP contribution >= 0.6 is 11.5 Å². The van der Waals surface area contributed by atoms with E-state index in [-0.39, 0.29) is 0 Å². The van der Waals surface area contributed by atoms with Gasteiger partial charge in [0.05, 0.1) is 11.7 Å². The Morgan fingerprint density at radius 2 is 2.22 bits per heavy atom. The molecule has 1 aromatic carbocycles. The van der Waals surface area contributed by atoms with Gasteiger partial charge in [-0.3, -0.25) is 4.68 Å². The smallest absolute Gasteiger partial charge is 0.117 e. The molecule has 92 valence electrons. The molecule has 0 aliphatic rings. The topological polar surface area (TPSA) is 42.7 Å². The Hall–Kier alpha value is -1.88. The van der Waals surface area contributed by atoms with Crippen LogP contribution in [0.25, 0.3) is 10.9 Å². The first-order chi connectivity index (χ1) is 8.83. The second-order valence-electron chi connectivity index (χ2n) is 4.23. The zero-order chi connectivity index (χ0) is 12.4. The molecular formula is C13H14N4S. The van der Waals surface area contributed by atoms with Crippen LogP contribution in [0.1, 0.15) is 5.56 Å². The molecule has 3 rings (SSSR count). The molecule has 0 unspecified atom stereocenters. The van der Waals surface area contributed by atoms with Crippen LogP contribution in [0, 0.1) is 0 Å². The lowest BCUT2D eigenvalue weighted by Crippen LogP contribution is -2.03. The van der Waals surface area contributed by atoms with Crippen molar-refractivity contribution in [2.24, 2.45) is 7.05 Å². The van der Waals surface area contributed by atoms with Crippen molar-refractivity contribution in [3.63, 3.8) is 0 Å². The van der Waals surface area contributed by atoms with E-state index in [4.69, 9.17) is 0 Å². The summed E-state index contributed by atoms with van der Waals surface area (Å²) in [5.74, 6) is 0. The van der Waals surface area contributed by atoms with Gasteiger partial charge >= 0.3 is 0 Å². The van der Waals surface area contributed by atoms with E-state index in [1.807, 2.05) is 42.3 Å². The zero-order valence-corrected chi connectivity index (χ0v) is 10.9. The maximum atomic E-state index is 4.41. The fourth-order valence-corrected chi connectivity index (χ4v) is 2.72. The van der Waals surface area contributed by atoms with Crippen LogP contribution in [0.5, 0.6) is 0 Å². The van der Waals surface area contributed by atoms with Crippen LogP contribution in [0.3, 0.4) is 0 Å². The van der Waals surface area contributed by atoms with Gasteiger partial charge in [-0.05, 0) is 35.6 Å². The lowest BCUT2D eigenvalue weighted by atomic mass is 10.2. The number of benzene rings is 1. The molecule has 0 saturated heterocycles. The summed E-state index contributed by atoms with van der Waals surface area (Å²) in [6.07, 6.45) is 4.93. The van der Waals surface area contributed by atoms with Gasteiger partial charge in [0, 0.05) is 25.2 Å². The third-order valence-electron chi connectivity index (χ3n) is 2.84. The number of hydrogen-bond acceptors (Lipinski definition) is 4. The number of rotatable bonds is 4. The normalized spacial score (nSPS) is 10.9. The van der Waals surface area contributed by atoms with Gasteiger partial charge in [-0.15, -0.1) is 0 Å². The van der Waals surface area contributed by atoms with Crippen LogP contribution in [0.15, 0.2) is 36.7 Å². The maximum Gasteiger partial charge on any atom is 0.117 e. The molecule has 3 aromatic rings.